The fourth-order valence-corrected chi connectivity index (χ4v) is 3.40. The molecule has 7 nitrogen and oxygen atoms in total. The molecule has 1 fully saturated rings. The molecule has 1 aromatic rings. The molecule has 1 saturated heterocycles. The van der Waals surface area contributed by atoms with Crippen LogP contribution < -0.4 is 0 Å². The van der Waals surface area contributed by atoms with Gasteiger partial charge in [-0.05, 0) is 54.1 Å². The number of aromatic nitrogens is 2. The molecule has 0 radical (unpaired) electrons. The molecule has 2 amide bonds. The molecule has 0 spiro atoms. The molecule has 144 valence electrons. The fraction of sp³-hybridized carbons (Fsp3) is 0.684. The largest absolute Gasteiger partial charge is 0.339 e. The van der Waals surface area contributed by atoms with Crippen LogP contribution in [0.3, 0.4) is 0 Å². The quantitative estimate of drug-likeness (QED) is 0.774. The van der Waals surface area contributed by atoms with E-state index in [-0.39, 0.29) is 17.9 Å². The number of hydrogen-bond donors (Lipinski definition) is 0. The van der Waals surface area contributed by atoms with Crippen molar-refractivity contribution in [2.75, 3.05) is 40.3 Å². The predicted octanol–water partition coefficient (Wildman–Crippen LogP) is 1.88. The molecule has 2 heterocycles. The van der Waals surface area contributed by atoms with Gasteiger partial charge in [0, 0.05) is 25.8 Å². The van der Waals surface area contributed by atoms with Crippen LogP contribution >= 0.6 is 0 Å². The van der Waals surface area contributed by atoms with Crippen molar-refractivity contribution in [1.82, 2.24) is 24.7 Å². The smallest absolute Gasteiger partial charge is 0.257 e. The molecule has 1 atom stereocenters. The number of carbonyl (C=O) groups is 2. The molecular formula is C19H31N5O2. The number of amides is 2. The van der Waals surface area contributed by atoms with Gasteiger partial charge in [-0.3, -0.25) is 9.59 Å². The Morgan fingerprint density at radius 2 is 1.92 bits per heavy atom. The Labute approximate surface area is 156 Å². The summed E-state index contributed by atoms with van der Waals surface area (Å²) in [5, 5.41) is 0. The molecule has 1 aromatic heterocycles. The molecule has 0 bridgehead atoms. The Kier molecular flexibility index (Phi) is 7.08. The summed E-state index contributed by atoms with van der Waals surface area (Å²) in [7, 11) is 3.79. The predicted molar refractivity (Wildman–Crippen MR) is 101 cm³/mol. The summed E-state index contributed by atoms with van der Waals surface area (Å²) in [5.74, 6) is 0.706. The van der Waals surface area contributed by atoms with Gasteiger partial charge in [0.1, 0.15) is 0 Å². The van der Waals surface area contributed by atoms with Crippen molar-refractivity contribution >= 4 is 11.8 Å². The third-order valence-electron chi connectivity index (χ3n) is 4.85. The number of piperidine rings is 1. The molecule has 26 heavy (non-hydrogen) atoms. The summed E-state index contributed by atoms with van der Waals surface area (Å²) in [6.45, 7) is 8.20. The van der Waals surface area contributed by atoms with Gasteiger partial charge in [-0.15, -0.1) is 0 Å². The summed E-state index contributed by atoms with van der Waals surface area (Å²) in [6.07, 6.45) is 4.55. The zero-order chi connectivity index (χ0) is 19.3. The van der Waals surface area contributed by atoms with Crippen LogP contribution in [0.2, 0.25) is 0 Å². The van der Waals surface area contributed by atoms with E-state index in [2.05, 4.69) is 9.97 Å². The van der Waals surface area contributed by atoms with Crippen LogP contribution in [0.15, 0.2) is 6.20 Å². The maximum absolute atomic E-state index is 12.6. The second-order valence-electron chi connectivity index (χ2n) is 7.04. The van der Waals surface area contributed by atoms with Gasteiger partial charge in [-0.25, -0.2) is 9.97 Å². The molecular weight excluding hydrogens is 330 g/mol. The summed E-state index contributed by atoms with van der Waals surface area (Å²) in [4.78, 5) is 39.8. The number of carbonyl (C=O) groups excluding carboxylic acids is 2. The van der Waals surface area contributed by atoms with E-state index in [4.69, 9.17) is 0 Å². The molecule has 0 aromatic carbocycles. The molecule has 1 aliphatic heterocycles. The number of likely N-dealkylation sites (N-methyl/N-ethyl adjacent to an activating group) is 1. The standard InChI is InChI=1S/C19H31N5O2/c1-6-23(7-2)19(26)15-12-20-18(21-14(15)3)16-10-8-9-11-24(16)17(25)13-22(4)5/h12,16H,6-11,13H2,1-5H3/t16-/m1/s1. The van der Waals surface area contributed by atoms with Crippen molar-refractivity contribution < 1.29 is 9.59 Å². The summed E-state index contributed by atoms with van der Waals surface area (Å²) >= 11 is 0. The second kappa shape index (κ2) is 9.07. The highest BCUT2D eigenvalue weighted by atomic mass is 16.2. The van der Waals surface area contributed by atoms with Gasteiger partial charge in [0.05, 0.1) is 23.8 Å². The SMILES string of the molecule is CCN(CC)C(=O)c1cnc([C@H]2CCCCN2C(=O)CN(C)C)nc1C. The highest BCUT2D eigenvalue weighted by Gasteiger charge is 2.30. The normalized spacial score (nSPS) is 17.5. The Morgan fingerprint density at radius 1 is 1.23 bits per heavy atom. The first-order valence-corrected chi connectivity index (χ1v) is 9.46. The molecule has 7 heteroatoms. The molecule has 0 aliphatic carbocycles. The average Bonchev–Trinajstić information content (AvgIpc) is 2.62. The Hall–Kier alpha value is -2.02. The average molecular weight is 361 g/mol. The first-order valence-electron chi connectivity index (χ1n) is 9.46. The maximum Gasteiger partial charge on any atom is 0.257 e. The van der Waals surface area contributed by atoms with Crippen molar-refractivity contribution in [3.05, 3.63) is 23.3 Å². The Balaban J connectivity index is 2.25. The van der Waals surface area contributed by atoms with Crippen LogP contribution in [-0.4, -0.2) is 76.8 Å². The van der Waals surface area contributed by atoms with Crippen molar-refractivity contribution in [2.45, 2.75) is 46.1 Å². The van der Waals surface area contributed by atoms with Crippen molar-refractivity contribution in [3.63, 3.8) is 0 Å². The first-order chi connectivity index (χ1) is 12.4. The van der Waals surface area contributed by atoms with Gasteiger partial charge in [0.15, 0.2) is 5.82 Å². The van der Waals surface area contributed by atoms with Gasteiger partial charge < -0.3 is 14.7 Å². The minimum absolute atomic E-state index is 0.0387. The van der Waals surface area contributed by atoms with Crippen LogP contribution in [0.5, 0.6) is 0 Å². The van der Waals surface area contributed by atoms with Crippen LogP contribution in [0.1, 0.15) is 61.0 Å². The third-order valence-corrected chi connectivity index (χ3v) is 4.85. The summed E-state index contributed by atoms with van der Waals surface area (Å²) in [5.41, 5.74) is 1.22. The van der Waals surface area contributed by atoms with Gasteiger partial charge >= 0.3 is 0 Å². The van der Waals surface area contributed by atoms with Crippen LogP contribution in [0, 0.1) is 6.92 Å². The van der Waals surface area contributed by atoms with Crippen LogP contribution in [0.4, 0.5) is 0 Å². The zero-order valence-electron chi connectivity index (χ0n) is 16.7. The van der Waals surface area contributed by atoms with Gasteiger partial charge in [0.25, 0.3) is 5.91 Å². The van der Waals surface area contributed by atoms with E-state index in [1.807, 2.05) is 44.7 Å². The molecule has 1 aliphatic rings. The number of aryl methyl sites for hydroxylation is 1. The summed E-state index contributed by atoms with van der Waals surface area (Å²) < 4.78 is 0. The van der Waals surface area contributed by atoms with Gasteiger partial charge in [-0.2, -0.15) is 0 Å². The number of rotatable bonds is 6. The monoisotopic (exact) mass is 361 g/mol. The van der Waals surface area contributed by atoms with E-state index in [1.165, 1.54) is 0 Å². The minimum atomic E-state index is -0.104. The Bertz CT molecular complexity index is 643. The lowest BCUT2D eigenvalue weighted by Crippen LogP contribution is -2.43. The van der Waals surface area contributed by atoms with Crippen LogP contribution in [-0.2, 0) is 4.79 Å². The zero-order valence-corrected chi connectivity index (χ0v) is 16.7. The fourth-order valence-electron chi connectivity index (χ4n) is 3.40. The molecule has 2 rings (SSSR count). The van der Waals surface area contributed by atoms with E-state index in [9.17, 15) is 9.59 Å². The highest BCUT2D eigenvalue weighted by Crippen LogP contribution is 2.29. The van der Waals surface area contributed by atoms with Crippen molar-refractivity contribution in [3.8, 4) is 0 Å². The number of hydrogen-bond acceptors (Lipinski definition) is 5. The molecule has 0 unspecified atom stereocenters. The lowest BCUT2D eigenvalue weighted by atomic mass is 10.0. The number of nitrogens with zero attached hydrogens (tertiary/aromatic N) is 5. The van der Waals surface area contributed by atoms with E-state index in [1.54, 1.807) is 11.1 Å². The number of likely N-dealkylation sites (tertiary alicyclic amines) is 1. The molecule has 0 N–H and O–H groups in total. The van der Waals surface area contributed by atoms with E-state index in [0.717, 1.165) is 25.8 Å². The first kappa shape index (κ1) is 20.3. The molecule has 0 saturated carbocycles. The van der Waals surface area contributed by atoms with E-state index >= 15 is 0 Å². The third kappa shape index (κ3) is 4.58. The highest BCUT2D eigenvalue weighted by molar-refractivity contribution is 5.94. The van der Waals surface area contributed by atoms with Crippen LogP contribution in [0.25, 0.3) is 0 Å². The van der Waals surface area contributed by atoms with Crippen molar-refractivity contribution in [1.29, 1.82) is 0 Å². The topological polar surface area (TPSA) is 69.6 Å². The lowest BCUT2D eigenvalue weighted by Gasteiger charge is -2.35. The maximum atomic E-state index is 12.6. The van der Waals surface area contributed by atoms with E-state index < -0.39 is 0 Å². The van der Waals surface area contributed by atoms with E-state index in [0.29, 0.717) is 36.7 Å². The second-order valence-corrected chi connectivity index (χ2v) is 7.04. The van der Waals surface area contributed by atoms with Gasteiger partial charge in [0.2, 0.25) is 5.91 Å². The Morgan fingerprint density at radius 3 is 2.50 bits per heavy atom. The lowest BCUT2D eigenvalue weighted by molar-refractivity contribution is -0.135. The van der Waals surface area contributed by atoms with Gasteiger partial charge in [-0.1, -0.05) is 0 Å². The minimum Gasteiger partial charge on any atom is -0.339 e. The summed E-state index contributed by atoms with van der Waals surface area (Å²) in [6, 6.07) is -0.104. The van der Waals surface area contributed by atoms with Crippen molar-refractivity contribution in [2.24, 2.45) is 0 Å².